The Morgan fingerprint density at radius 1 is 0.967 bits per heavy atom. The fourth-order valence-electron chi connectivity index (χ4n) is 4.18. The Hall–Kier alpha value is -3.21. The van der Waals surface area contributed by atoms with Gasteiger partial charge in [-0.1, -0.05) is 41.5 Å². The average Bonchev–Trinajstić information content (AvgIpc) is 2.98. The van der Waals surface area contributed by atoms with E-state index in [4.69, 9.17) is 4.74 Å². The SMILES string of the molecule is CC1=CCC2C(=O)N(c3ccc(OC(C)C(=O)c4ccc(C)cc4)cc3)C(=O)C2C1. The molecule has 0 spiro atoms. The smallest absolute Gasteiger partial charge is 0.238 e. The number of amides is 2. The van der Waals surface area contributed by atoms with Gasteiger partial charge in [0.1, 0.15) is 5.75 Å². The number of carbonyl (C=O) groups excluding carboxylic acids is 3. The molecule has 0 aromatic heterocycles. The van der Waals surface area contributed by atoms with Crippen LogP contribution in [0, 0.1) is 18.8 Å². The third kappa shape index (κ3) is 3.67. The largest absolute Gasteiger partial charge is 0.483 e. The van der Waals surface area contributed by atoms with E-state index in [0.29, 0.717) is 29.8 Å². The second-order valence-electron chi connectivity index (χ2n) is 8.20. The summed E-state index contributed by atoms with van der Waals surface area (Å²) in [6.07, 6.45) is 2.67. The summed E-state index contributed by atoms with van der Waals surface area (Å²) >= 11 is 0. The van der Waals surface area contributed by atoms with Crippen molar-refractivity contribution < 1.29 is 19.1 Å². The second kappa shape index (κ2) is 7.90. The molecule has 3 unspecified atom stereocenters. The Morgan fingerprint density at radius 2 is 1.60 bits per heavy atom. The number of hydrogen-bond acceptors (Lipinski definition) is 4. The van der Waals surface area contributed by atoms with E-state index >= 15 is 0 Å². The van der Waals surface area contributed by atoms with Crippen molar-refractivity contribution in [1.29, 1.82) is 0 Å². The number of ketones is 1. The van der Waals surface area contributed by atoms with Crippen molar-refractivity contribution in [3.8, 4) is 5.75 Å². The van der Waals surface area contributed by atoms with Crippen LogP contribution in [0.15, 0.2) is 60.2 Å². The molecule has 0 bridgehead atoms. The quantitative estimate of drug-likeness (QED) is 0.419. The molecule has 1 fully saturated rings. The van der Waals surface area contributed by atoms with Crippen LogP contribution in [0.2, 0.25) is 0 Å². The van der Waals surface area contributed by atoms with Gasteiger partial charge in [0.2, 0.25) is 17.6 Å². The summed E-state index contributed by atoms with van der Waals surface area (Å²) in [7, 11) is 0. The van der Waals surface area contributed by atoms with Gasteiger partial charge in [-0.15, -0.1) is 0 Å². The van der Waals surface area contributed by atoms with Crippen LogP contribution in [0.25, 0.3) is 0 Å². The summed E-state index contributed by atoms with van der Waals surface area (Å²) in [5, 5.41) is 0. The topological polar surface area (TPSA) is 63.7 Å². The minimum Gasteiger partial charge on any atom is -0.483 e. The lowest BCUT2D eigenvalue weighted by molar-refractivity contribution is -0.122. The molecule has 1 aliphatic heterocycles. The highest BCUT2D eigenvalue weighted by atomic mass is 16.5. The van der Waals surface area contributed by atoms with Crippen molar-refractivity contribution in [2.24, 2.45) is 11.8 Å². The van der Waals surface area contributed by atoms with Gasteiger partial charge in [-0.25, -0.2) is 0 Å². The number of allylic oxidation sites excluding steroid dienone is 2. The van der Waals surface area contributed by atoms with Gasteiger partial charge in [0, 0.05) is 5.56 Å². The number of nitrogens with zero attached hydrogens (tertiary/aromatic N) is 1. The Morgan fingerprint density at radius 3 is 2.27 bits per heavy atom. The normalized spacial score (nSPS) is 21.8. The predicted molar refractivity (Wildman–Crippen MR) is 115 cm³/mol. The molecule has 5 heteroatoms. The number of Topliss-reactive ketones (excluding diaryl/α,β-unsaturated/α-hetero) is 1. The highest BCUT2D eigenvalue weighted by Crippen LogP contribution is 2.40. The summed E-state index contributed by atoms with van der Waals surface area (Å²) in [6, 6.07) is 14.2. The first kappa shape index (κ1) is 20.1. The number of ether oxygens (including phenoxy) is 1. The molecule has 0 saturated carbocycles. The summed E-state index contributed by atoms with van der Waals surface area (Å²) < 4.78 is 5.79. The van der Waals surface area contributed by atoms with Gasteiger partial charge in [0.15, 0.2) is 6.10 Å². The van der Waals surface area contributed by atoms with E-state index in [1.54, 1.807) is 43.3 Å². The maximum atomic E-state index is 12.8. The monoisotopic (exact) mass is 403 g/mol. The predicted octanol–water partition coefficient (Wildman–Crippen LogP) is 4.49. The van der Waals surface area contributed by atoms with Crippen LogP contribution in [0.5, 0.6) is 5.75 Å². The van der Waals surface area contributed by atoms with Crippen LogP contribution in [-0.2, 0) is 9.59 Å². The molecule has 3 atom stereocenters. The van der Waals surface area contributed by atoms with Crippen molar-refractivity contribution in [3.05, 3.63) is 71.3 Å². The second-order valence-corrected chi connectivity index (χ2v) is 8.20. The van der Waals surface area contributed by atoms with Crippen LogP contribution in [0.1, 0.15) is 42.6 Å². The van der Waals surface area contributed by atoms with Crippen molar-refractivity contribution in [1.82, 2.24) is 0 Å². The van der Waals surface area contributed by atoms with Crippen LogP contribution in [0.3, 0.4) is 0 Å². The molecular formula is C25H25NO4. The maximum Gasteiger partial charge on any atom is 0.238 e. The molecule has 0 N–H and O–H groups in total. The fourth-order valence-corrected chi connectivity index (χ4v) is 4.18. The molecule has 2 aromatic carbocycles. The third-order valence-corrected chi connectivity index (χ3v) is 5.94. The van der Waals surface area contributed by atoms with Gasteiger partial charge >= 0.3 is 0 Å². The van der Waals surface area contributed by atoms with E-state index in [1.165, 1.54) is 4.90 Å². The minimum atomic E-state index is -0.648. The van der Waals surface area contributed by atoms with Crippen LogP contribution in [0.4, 0.5) is 5.69 Å². The summed E-state index contributed by atoms with van der Waals surface area (Å²) in [5.41, 5.74) is 3.40. The summed E-state index contributed by atoms with van der Waals surface area (Å²) in [6.45, 7) is 5.68. The van der Waals surface area contributed by atoms with Gasteiger partial charge in [0.25, 0.3) is 0 Å². The van der Waals surface area contributed by atoms with E-state index in [0.717, 1.165) is 11.1 Å². The molecule has 0 radical (unpaired) electrons. The highest BCUT2D eigenvalue weighted by molar-refractivity contribution is 6.22. The number of aryl methyl sites for hydroxylation is 1. The average molecular weight is 403 g/mol. The lowest BCUT2D eigenvalue weighted by atomic mass is 9.82. The van der Waals surface area contributed by atoms with E-state index in [2.05, 4.69) is 6.08 Å². The number of imide groups is 1. The summed E-state index contributed by atoms with van der Waals surface area (Å²) in [4.78, 5) is 39.5. The number of carbonyl (C=O) groups is 3. The molecule has 2 aromatic rings. The molecule has 1 heterocycles. The Labute approximate surface area is 176 Å². The van der Waals surface area contributed by atoms with Crippen LogP contribution in [-0.4, -0.2) is 23.7 Å². The van der Waals surface area contributed by atoms with Crippen LogP contribution < -0.4 is 9.64 Å². The third-order valence-electron chi connectivity index (χ3n) is 5.94. The molecule has 2 aliphatic rings. The standard InChI is InChI=1S/C25H25NO4/c1-15-4-7-18(8-5-15)23(27)17(3)30-20-11-9-19(10-12-20)26-24(28)21-13-6-16(2)14-22(21)25(26)29/h4-12,17,21-22H,13-14H2,1-3H3. The maximum absolute atomic E-state index is 12.8. The molecule has 5 nitrogen and oxygen atoms in total. The van der Waals surface area contributed by atoms with E-state index in [-0.39, 0.29) is 29.4 Å². The van der Waals surface area contributed by atoms with Gasteiger partial charge in [-0.3, -0.25) is 19.3 Å². The molecule has 4 rings (SSSR count). The molecule has 1 aliphatic carbocycles. The number of benzene rings is 2. The molecule has 2 amide bonds. The number of rotatable bonds is 5. The zero-order valence-corrected chi connectivity index (χ0v) is 17.4. The first-order valence-corrected chi connectivity index (χ1v) is 10.3. The fraction of sp³-hybridized carbons (Fsp3) is 0.320. The molecular weight excluding hydrogens is 378 g/mol. The minimum absolute atomic E-state index is 0.101. The van der Waals surface area contributed by atoms with Gasteiger partial charge in [0.05, 0.1) is 17.5 Å². The number of fused-ring (bicyclic) bond motifs is 1. The van der Waals surface area contributed by atoms with E-state index in [9.17, 15) is 14.4 Å². The Bertz CT molecular complexity index is 1020. The highest BCUT2D eigenvalue weighted by Gasteiger charge is 2.48. The lowest BCUT2D eigenvalue weighted by Crippen LogP contribution is -2.30. The van der Waals surface area contributed by atoms with Gasteiger partial charge in [-0.05, 0) is 57.9 Å². The van der Waals surface area contributed by atoms with Crippen molar-refractivity contribution in [2.75, 3.05) is 4.90 Å². The zero-order chi connectivity index (χ0) is 21.4. The Kier molecular flexibility index (Phi) is 5.29. The molecule has 154 valence electrons. The number of anilines is 1. The Balaban J connectivity index is 1.45. The summed E-state index contributed by atoms with van der Waals surface area (Å²) in [5.74, 6) is -0.370. The first-order valence-electron chi connectivity index (χ1n) is 10.3. The lowest BCUT2D eigenvalue weighted by Gasteiger charge is -2.18. The van der Waals surface area contributed by atoms with Crippen LogP contribution >= 0.6 is 0 Å². The number of hydrogen-bond donors (Lipinski definition) is 0. The molecule has 1 saturated heterocycles. The van der Waals surface area contributed by atoms with Crippen molar-refractivity contribution >= 4 is 23.3 Å². The van der Waals surface area contributed by atoms with Gasteiger partial charge < -0.3 is 4.74 Å². The van der Waals surface area contributed by atoms with Crippen molar-refractivity contribution in [2.45, 2.75) is 39.7 Å². The van der Waals surface area contributed by atoms with Gasteiger partial charge in [-0.2, -0.15) is 0 Å². The van der Waals surface area contributed by atoms with Crippen molar-refractivity contribution in [3.63, 3.8) is 0 Å². The zero-order valence-electron chi connectivity index (χ0n) is 17.4. The van der Waals surface area contributed by atoms with E-state index < -0.39 is 6.10 Å². The molecule has 30 heavy (non-hydrogen) atoms. The van der Waals surface area contributed by atoms with E-state index in [1.807, 2.05) is 26.0 Å². The first-order chi connectivity index (χ1) is 14.3.